The molecule has 1 atom stereocenters. The van der Waals surface area contributed by atoms with Crippen molar-refractivity contribution in [2.45, 2.75) is 19.8 Å². The Morgan fingerprint density at radius 1 is 1.50 bits per heavy atom. The van der Waals surface area contributed by atoms with Gasteiger partial charge in [-0.2, -0.15) is 13.1 Å². The largest absolute Gasteiger partial charge is 0.452 e. The van der Waals surface area contributed by atoms with E-state index in [1.165, 1.54) is 0 Å². The Balaban J connectivity index is 4.11. The van der Waals surface area contributed by atoms with E-state index in [2.05, 4.69) is 9.46 Å². The van der Waals surface area contributed by atoms with E-state index in [0.29, 0.717) is 5.88 Å². The number of halogens is 1. The van der Waals surface area contributed by atoms with Crippen LogP contribution in [0.5, 0.6) is 0 Å². The van der Waals surface area contributed by atoms with Crippen molar-refractivity contribution in [1.29, 1.82) is 0 Å². The monoisotopic (exact) mass is 272 g/mol. The first-order valence-electron chi connectivity index (χ1n) is 4.86. The summed E-state index contributed by atoms with van der Waals surface area (Å²) in [5.41, 5.74) is 0. The average Bonchev–Trinajstić information content (AvgIpc) is 2.23. The van der Waals surface area contributed by atoms with Crippen molar-refractivity contribution in [2.24, 2.45) is 5.92 Å². The van der Waals surface area contributed by atoms with Gasteiger partial charge in [-0.25, -0.2) is 9.52 Å². The first-order chi connectivity index (χ1) is 7.45. The van der Waals surface area contributed by atoms with Gasteiger partial charge in [-0.3, -0.25) is 0 Å². The van der Waals surface area contributed by atoms with Crippen LogP contribution in [0, 0.1) is 5.92 Å². The van der Waals surface area contributed by atoms with Gasteiger partial charge >= 0.3 is 16.3 Å². The molecule has 0 aliphatic heterocycles. The van der Waals surface area contributed by atoms with Crippen molar-refractivity contribution in [3.8, 4) is 0 Å². The minimum Gasteiger partial charge on any atom is -0.452 e. The standard InChI is InChI=1S/C8H17ClN2O4S/c1-3-7(4-5-9)6-10-16(13,14)11-8(12)15-2/h7,10H,3-6H2,1-2H3,(H,11,12). The van der Waals surface area contributed by atoms with Crippen molar-refractivity contribution >= 4 is 27.9 Å². The fourth-order valence-corrected chi connectivity index (χ4v) is 2.16. The summed E-state index contributed by atoms with van der Waals surface area (Å²) in [4.78, 5) is 10.7. The van der Waals surface area contributed by atoms with Crippen molar-refractivity contribution in [3.05, 3.63) is 0 Å². The molecule has 0 aromatic rings. The zero-order valence-electron chi connectivity index (χ0n) is 9.32. The normalized spacial score (nSPS) is 13.2. The fraction of sp³-hybridized carbons (Fsp3) is 0.875. The quantitative estimate of drug-likeness (QED) is 0.673. The molecule has 16 heavy (non-hydrogen) atoms. The molecule has 0 saturated carbocycles. The molecule has 0 bridgehead atoms. The van der Waals surface area contributed by atoms with E-state index in [4.69, 9.17) is 11.6 Å². The molecule has 0 aliphatic rings. The number of carbonyl (C=O) groups excluding carboxylic acids is 1. The van der Waals surface area contributed by atoms with Crippen LogP contribution in [0.2, 0.25) is 0 Å². The highest BCUT2D eigenvalue weighted by molar-refractivity contribution is 7.88. The Hall–Kier alpha value is -0.530. The smallest absolute Gasteiger partial charge is 0.421 e. The maximum atomic E-state index is 11.3. The van der Waals surface area contributed by atoms with Crippen molar-refractivity contribution in [3.63, 3.8) is 0 Å². The van der Waals surface area contributed by atoms with Gasteiger partial charge in [0.15, 0.2) is 0 Å². The number of hydrogen-bond acceptors (Lipinski definition) is 4. The Morgan fingerprint density at radius 3 is 2.56 bits per heavy atom. The summed E-state index contributed by atoms with van der Waals surface area (Å²) < 4.78 is 30.7. The molecule has 2 N–H and O–H groups in total. The maximum Gasteiger partial charge on any atom is 0.421 e. The number of methoxy groups -OCH3 is 1. The molecule has 0 fully saturated rings. The average molecular weight is 273 g/mol. The first-order valence-corrected chi connectivity index (χ1v) is 6.88. The first kappa shape index (κ1) is 15.5. The summed E-state index contributed by atoms with van der Waals surface area (Å²) in [6.07, 6.45) is 0.518. The molecule has 0 spiro atoms. The van der Waals surface area contributed by atoms with Crippen molar-refractivity contribution in [2.75, 3.05) is 19.5 Å². The number of ether oxygens (including phenoxy) is 1. The van der Waals surface area contributed by atoms with Crippen LogP contribution < -0.4 is 9.44 Å². The second kappa shape index (κ2) is 7.70. The van der Waals surface area contributed by atoms with E-state index >= 15 is 0 Å². The predicted molar refractivity (Wildman–Crippen MR) is 61.6 cm³/mol. The van der Waals surface area contributed by atoms with Crippen LogP contribution in [0.3, 0.4) is 0 Å². The van der Waals surface area contributed by atoms with Gasteiger partial charge in [0.05, 0.1) is 7.11 Å². The van der Waals surface area contributed by atoms with Gasteiger partial charge in [0.25, 0.3) is 0 Å². The second-order valence-electron chi connectivity index (χ2n) is 3.20. The van der Waals surface area contributed by atoms with Gasteiger partial charge in [0.1, 0.15) is 0 Å². The molecular weight excluding hydrogens is 256 g/mol. The summed E-state index contributed by atoms with van der Waals surface area (Å²) in [5, 5.41) is 0. The van der Waals surface area contributed by atoms with Crippen LogP contribution >= 0.6 is 11.6 Å². The molecule has 0 saturated heterocycles. The number of hydrogen-bond donors (Lipinski definition) is 2. The van der Waals surface area contributed by atoms with Crippen LogP contribution in [0.25, 0.3) is 0 Å². The minimum atomic E-state index is -3.83. The Bertz CT molecular complexity index is 307. The maximum absolute atomic E-state index is 11.3. The summed E-state index contributed by atoms with van der Waals surface area (Å²) in [7, 11) is -2.74. The predicted octanol–water partition coefficient (Wildman–Crippen LogP) is 0.832. The molecule has 1 unspecified atom stereocenters. The lowest BCUT2D eigenvalue weighted by Gasteiger charge is -2.14. The molecule has 0 aromatic carbocycles. The van der Waals surface area contributed by atoms with E-state index in [9.17, 15) is 13.2 Å². The molecule has 0 rings (SSSR count). The number of nitrogens with one attached hydrogen (secondary N) is 2. The third-order valence-corrected chi connectivity index (χ3v) is 3.26. The molecule has 0 radical (unpaired) electrons. The van der Waals surface area contributed by atoms with Gasteiger partial charge in [-0.1, -0.05) is 13.3 Å². The minimum absolute atomic E-state index is 0.159. The third-order valence-electron chi connectivity index (χ3n) is 2.06. The molecule has 0 heterocycles. The third kappa shape index (κ3) is 6.86. The van der Waals surface area contributed by atoms with Crippen LogP contribution in [0.1, 0.15) is 19.8 Å². The van der Waals surface area contributed by atoms with Gasteiger partial charge < -0.3 is 4.74 Å². The number of carbonyl (C=O) groups is 1. The lowest BCUT2D eigenvalue weighted by atomic mass is 10.0. The molecule has 0 aromatic heterocycles. The number of alkyl halides is 1. The van der Waals surface area contributed by atoms with Gasteiger partial charge in [0.2, 0.25) is 0 Å². The van der Waals surface area contributed by atoms with Gasteiger partial charge in [-0.05, 0) is 12.3 Å². The van der Waals surface area contributed by atoms with Crippen LogP contribution in [0.15, 0.2) is 0 Å². The van der Waals surface area contributed by atoms with E-state index in [1.807, 2.05) is 6.92 Å². The molecular formula is C8H17ClN2O4S. The topological polar surface area (TPSA) is 84.5 Å². The molecule has 1 amide bonds. The fourth-order valence-electron chi connectivity index (χ4n) is 1.02. The SMILES string of the molecule is CCC(CCCl)CNS(=O)(=O)NC(=O)OC. The van der Waals surface area contributed by atoms with Crippen molar-refractivity contribution < 1.29 is 17.9 Å². The molecule has 6 nitrogen and oxygen atoms in total. The summed E-state index contributed by atoms with van der Waals surface area (Å²) in [5.74, 6) is 0.636. The number of rotatable bonds is 7. The zero-order valence-corrected chi connectivity index (χ0v) is 10.9. The summed E-state index contributed by atoms with van der Waals surface area (Å²) in [6.45, 7) is 2.19. The van der Waals surface area contributed by atoms with E-state index in [1.54, 1.807) is 4.72 Å². The summed E-state index contributed by atoms with van der Waals surface area (Å²) in [6, 6.07) is 0. The second-order valence-corrected chi connectivity index (χ2v) is 5.08. The van der Waals surface area contributed by atoms with Crippen LogP contribution in [-0.4, -0.2) is 34.0 Å². The lowest BCUT2D eigenvalue weighted by Crippen LogP contribution is -2.42. The highest BCUT2D eigenvalue weighted by atomic mass is 35.5. The van der Waals surface area contributed by atoms with Crippen LogP contribution in [-0.2, 0) is 14.9 Å². The van der Waals surface area contributed by atoms with E-state index < -0.39 is 16.3 Å². The Kier molecular flexibility index (Phi) is 7.44. The van der Waals surface area contributed by atoms with Gasteiger partial charge in [-0.15, -0.1) is 11.6 Å². The Morgan fingerprint density at radius 2 is 2.12 bits per heavy atom. The van der Waals surface area contributed by atoms with E-state index in [-0.39, 0.29) is 12.5 Å². The van der Waals surface area contributed by atoms with Crippen molar-refractivity contribution in [1.82, 2.24) is 9.44 Å². The molecule has 96 valence electrons. The van der Waals surface area contributed by atoms with Gasteiger partial charge in [0, 0.05) is 12.4 Å². The molecule has 0 aliphatic carbocycles. The zero-order chi connectivity index (χ0) is 12.6. The number of amides is 1. The summed E-state index contributed by atoms with van der Waals surface area (Å²) >= 11 is 5.56. The highest BCUT2D eigenvalue weighted by Gasteiger charge is 2.16. The highest BCUT2D eigenvalue weighted by Crippen LogP contribution is 2.07. The molecule has 8 heteroatoms. The Labute approximate surface area is 101 Å². The van der Waals surface area contributed by atoms with E-state index in [0.717, 1.165) is 20.0 Å². The van der Waals surface area contributed by atoms with Crippen LogP contribution in [0.4, 0.5) is 4.79 Å². The lowest BCUT2D eigenvalue weighted by molar-refractivity contribution is 0.177.